The summed E-state index contributed by atoms with van der Waals surface area (Å²) >= 11 is 0. The average molecular weight is 464 g/mol. The SMILES string of the molecule is COc1cc(NC(=O)COc2cccc(NC(=O)Nc3ccccc3)c2)c(C(N)=O)cc1OC. The smallest absolute Gasteiger partial charge is 0.323 e. The molecule has 0 fully saturated rings. The molecule has 0 aliphatic heterocycles. The fourth-order valence-electron chi connectivity index (χ4n) is 3.00. The van der Waals surface area contributed by atoms with Gasteiger partial charge in [-0.25, -0.2) is 4.79 Å². The number of nitrogens with one attached hydrogen (secondary N) is 3. The third-order valence-electron chi connectivity index (χ3n) is 4.56. The summed E-state index contributed by atoms with van der Waals surface area (Å²) in [6.07, 6.45) is 0. The second-order valence-electron chi connectivity index (χ2n) is 6.93. The number of carbonyl (C=O) groups is 3. The second-order valence-corrected chi connectivity index (χ2v) is 6.93. The monoisotopic (exact) mass is 464 g/mol. The first-order chi connectivity index (χ1) is 16.4. The number of methoxy groups -OCH3 is 2. The number of amides is 4. The maximum atomic E-state index is 12.4. The minimum Gasteiger partial charge on any atom is -0.493 e. The predicted molar refractivity (Wildman–Crippen MR) is 128 cm³/mol. The van der Waals surface area contributed by atoms with Crippen LogP contribution in [0.25, 0.3) is 0 Å². The average Bonchev–Trinajstić information content (AvgIpc) is 2.83. The van der Waals surface area contributed by atoms with Crippen molar-refractivity contribution >= 4 is 34.9 Å². The van der Waals surface area contributed by atoms with Crippen LogP contribution >= 0.6 is 0 Å². The van der Waals surface area contributed by atoms with Gasteiger partial charge in [-0.2, -0.15) is 0 Å². The van der Waals surface area contributed by atoms with Crippen LogP contribution in [0.3, 0.4) is 0 Å². The molecule has 34 heavy (non-hydrogen) atoms. The van der Waals surface area contributed by atoms with E-state index >= 15 is 0 Å². The molecule has 0 saturated carbocycles. The van der Waals surface area contributed by atoms with Crippen molar-refractivity contribution < 1.29 is 28.6 Å². The molecule has 0 saturated heterocycles. The molecular formula is C24H24N4O6. The van der Waals surface area contributed by atoms with Crippen molar-refractivity contribution in [3.63, 3.8) is 0 Å². The number of nitrogens with two attached hydrogens (primary N) is 1. The molecule has 0 bridgehead atoms. The Hall–Kier alpha value is -4.73. The number of carbonyl (C=O) groups excluding carboxylic acids is 3. The van der Waals surface area contributed by atoms with E-state index in [4.69, 9.17) is 19.9 Å². The first-order valence-corrected chi connectivity index (χ1v) is 10.1. The van der Waals surface area contributed by atoms with Crippen LogP contribution in [0.15, 0.2) is 66.7 Å². The Morgan fingerprint density at radius 2 is 1.44 bits per heavy atom. The number of anilines is 3. The summed E-state index contributed by atoms with van der Waals surface area (Å²) in [6, 6.07) is 18.0. The number of rotatable bonds is 9. The molecule has 176 valence electrons. The standard InChI is InChI=1S/C24H24N4O6/c1-32-20-12-18(23(25)30)19(13-21(20)33-2)28-22(29)14-34-17-10-6-9-16(11-17)27-24(31)26-15-7-4-3-5-8-15/h3-13H,14H2,1-2H3,(H2,25,30)(H,28,29)(H2,26,27,31). The molecule has 5 N–H and O–H groups in total. The molecule has 0 radical (unpaired) electrons. The van der Waals surface area contributed by atoms with Crippen LogP contribution in [-0.2, 0) is 4.79 Å². The lowest BCUT2D eigenvalue weighted by Crippen LogP contribution is -2.23. The molecule has 0 atom stereocenters. The number of benzene rings is 3. The van der Waals surface area contributed by atoms with E-state index in [0.29, 0.717) is 28.6 Å². The Balaban J connectivity index is 1.61. The van der Waals surface area contributed by atoms with Crippen molar-refractivity contribution in [2.45, 2.75) is 0 Å². The maximum Gasteiger partial charge on any atom is 0.323 e. The number of primary amides is 1. The van der Waals surface area contributed by atoms with Crippen LogP contribution in [-0.4, -0.2) is 38.7 Å². The van der Waals surface area contributed by atoms with E-state index in [1.807, 2.05) is 18.2 Å². The van der Waals surface area contributed by atoms with Crippen molar-refractivity contribution in [2.75, 3.05) is 36.8 Å². The van der Waals surface area contributed by atoms with Crippen LogP contribution in [0, 0.1) is 0 Å². The summed E-state index contributed by atoms with van der Waals surface area (Å²) in [7, 11) is 2.85. The van der Waals surface area contributed by atoms with Crippen LogP contribution < -0.4 is 35.9 Å². The minimum absolute atomic E-state index is 0.0571. The molecule has 0 heterocycles. The zero-order chi connectivity index (χ0) is 24.5. The molecule has 0 spiro atoms. The summed E-state index contributed by atoms with van der Waals surface area (Å²) in [5.41, 5.74) is 6.76. The molecule has 0 aliphatic carbocycles. The van der Waals surface area contributed by atoms with Crippen molar-refractivity contribution in [1.82, 2.24) is 0 Å². The van der Waals surface area contributed by atoms with Crippen molar-refractivity contribution in [1.29, 1.82) is 0 Å². The van der Waals surface area contributed by atoms with E-state index in [1.54, 1.807) is 36.4 Å². The fourth-order valence-corrected chi connectivity index (χ4v) is 3.00. The van der Waals surface area contributed by atoms with Crippen molar-refractivity contribution in [2.24, 2.45) is 5.73 Å². The summed E-state index contributed by atoms with van der Waals surface area (Å²) < 4.78 is 15.9. The maximum absolute atomic E-state index is 12.4. The first-order valence-electron chi connectivity index (χ1n) is 10.1. The van der Waals surface area contributed by atoms with Gasteiger partial charge in [-0.3, -0.25) is 9.59 Å². The van der Waals surface area contributed by atoms with Gasteiger partial charge >= 0.3 is 6.03 Å². The Kier molecular flexibility index (Phi) is 7.90. The molecule has 0 aliphatic rings. The number of hydrogen-bond donors (Lipinski definition) is 4. The number of para-hydroxylation sites is 1. The van der Waals surface area contributed by atoms with Crippen LogP contribution in [0.1, 0.15) is 10.4 Å². The van der Waals surface area contributed by atoms with Gasteiger partial charge in [0.25, 0.3) is 11.8 Å². The Labute approximate surface area is 196 Å². The number of urea groups is 1. The molecule has 3 aromatic rings. The number of ether oxygens (including phenoxy) is 3. The molecule has 3 rings (SSSR count). The highest BCUT2D eigenvalue weighted by Gasteiger charge is 2.17. The quantitative estimate of drug-likeness (QED) is 0.382. The highest BCUT2D eigenvalue weighted by molar-refractivity contribution is 6.04. The predicted octanol–water partition coefficient (Wildman–Crippen LogP) is 3.46. The third kappa shape index (κ3) is 6.39. The lowest BCUT2D eigenvalue weighted by molar-refractivity contribution is -0.118. The second kappa shape index (κ2) is 11.2. The molecular weight excluding hydrogens is 440 g/mol. The van der Waals surface area contributed by atoms with E-state index in [0.717, 1.165) is 0 Å². The largest absolute Gasteiger partial charge is 0.493 e. The Morgan fingerprint density at radius 3 is 2.12 bits per heavy atom. The topological polar surface area (TPSA) is 141 Å². The first kappa shape index (κ1) is 23.9. The van der Waals surface area contributed by atoms with E-state index in [-0.39, 0.29) is 17.9 Å². The van der Waals surface area contributed by atoms with Gasteiger partial charge in [0.2, 0.25) is 0 Å². The summed E-state index contributed by atoms with van der Waals surface area (Å²) in [5.74, 6) is -0.308. The van der Waals surface area contributed by atoms with Gasteiger partial charge in [0.05, 0.1) is 25.5 Å². The van der Waals surface area contributed by atoms with Gasteiger partial charge in [-0.05, 0) is 30.3 Å². The minimum atomic E-state index is -0.746. The molecule has 3 aromatic carbocycles. The van der Waals surface area contributed by atoms with Gasteiger partial charge in [-0.15, -0.1) is 0 Å². The van der Waals surface area contributed by atoms with Crippen molar-refractivity contribution in [3.8, 4) is 17.2 Å². The molecule has 0 unspecified atom stereocenters. The Morgan fingerprint density at radius 1 is 0.794 bits per heavy atom. The molecule has 10 heteroatoms. The number of hydrogen-bond acceptors (Lipinski definition) is 6. The highest BCUT2D eigenvalue weighted by Crippen LogP contribution is 2.33. The van der Waals surface area contributed by atoms with Gasteiger partial charge < -0.3 is 35.9 Å². The van der Waals surface area contributed by atoms with Crippen molar-refractivity contribution in [3.05, 3.63) is 72.3 Å². The molecule has 4 amide bonds. The molecule has 10 nitrogen and oxygen atoms in total. The summed E-state index contributed by atoms with van der Waals surface area (Å²) in [6.45, 7) is -0.355. The van der Waals surface area contributed by atoms with Gasteiger partial charge in [0.15, 0.2) is 18.1 Å². The summed E-state index contributed by atoms with van der Waals surface area (Å²) in [5, 5.41) is 7.98. The Bertz CT molecular complexity index is 1180. The fraction of sp³-hybridized carbons (Fsp3) is 0.125. The highest BCUT2D eigenvalue weighted by atomic mass is 16.5. The lowest BCUT2D eigenvalue weighted by Gasteiger charge is -2.14. The lowest BCUT2D eigenvalue weighted by atomic mass is 10.1. The van der Waals surface area contributed by atoms with Gasteiger partial charge in [0, 0.05) is 23.5 Å². The van der Waals surface area contributed by atoms with Crippen LogP contribution in [0.2, 0.25) is 0 Å². The van der Waals surface area contributed by atoms with E-state index < -0.39 is 17.8 Å². The van der Waals surface area contributed by atoms with Gasteiger partial charge in [-0.1, -0.05) is 24.3 Å². The van der Waals surface area contributed by atoms with E-state index in [1.165, 1.54) is 26.4 Å². The summed E-state index contributed by atoms with van der Waals surface area (Å²) in [4.78, 5) is 36.4. The normalized spacial score (nSPS) is 10.1. The van der Waals surface area contributed by atoms with E-state index in [9.17, 15) is 14.4 Å². The zero-order valence-electron chi connectivity index (χ0n) is 18.6. The van der Waals surface area contributed by atoms with Gasteiger partial charge in [0.1, 0.15) is 5.75 Å². The van der Waals surface area contributed by atoms with Crippen LogP contribution in [0.4, 0.5) is 21.9 Å². The third-order valence-corrected chi connectivity index (χ3v) is 4.56. The zero-order valence-corrected chi connectivity index (χ0v) is 18.6. The van der Waals surface area contributed by atoms with E-state index in [2.05, 4.69) is 16.0 Å². The van der Waals surface area contributed by atoms with Crippen LogP contribution in [0.5, 0.6) is 17.2 Å². The molecule has 0 aromatic heterocycles.